The Balaban J connectivity index is 2.24. The molecule has 1 heterocycles. The van der Waals surface area contributed by atoms with Gasteiger partial charge in [0.2, 0.25) is 0 Å². The van der Waals surface area contributed by atoms with Crippen LogP contribution in [0.4, 0.5) is 5.69 Å². The van der Waals surface area contributed by atoms with Crippen LogP contribution in [0.5, 0.6) is 0 Å². The fourth-order valence-electron chi connectivity index (χ4n) is 2.40. The van der Waals surface area contributed by atoms with Crippen molar-refractivity contribution in [3.05, 3.63) is 28.8 Å². The Labute approximate surface area is 112 Å². The number of nitrogens with zero attached hydrogens (tertiary/aromatic N) is 1. The first-order valence-electron chi connectivity index (χ1n) is 6.12. The van der Waals surface area contributed by atoms with E-state index in [9.17, 15) is 0 Å². The standard InChI is InChI=1S/C13H18ClN3O/c14-10-2-1-3-11(12(10)13(15)16)17-6-4-9(8-18)5-7-17/h1-3,9,18H,4-8H2,(H3,15,16). The van der Waals surface area contributed by atoms with Crippen LogP contribution >= 0.6 is 11.6 Å². The minimum atomic E-state index is -0.000110. The largest absolute Gasteiger partial charge is 0.396 e. The van der Waals surface area contributed by atoms with Crippen LogP contribution in [0.1, 0.15) is 18.4 Å². The van der Waals surface area contributed by atoms with Gasteiger partial charge in [-0.05, 0) is 30.9 Å². The van der Waals surface area contributed by atoms with Gasteiger partial charge < -0.3 is 15.7 Å². The maximum absolute atomic E-state index is 9.14. The Hall–Kier alpha value is -1.26. The highest BCUT2D eigenvalue weighted by atomic mass is 35.5. The first kappa shape index (κ1) is 13.2. The number of nitrogens with one attached hydrogen (secondary N) is 1. The zero-order valence-electron chi connectivity index (χ0n) is 10.2. The van der Waals surface area contributed by atoms with Crippen molar-refractivity contribution >= 4 is 23.1 Å². The van der Waals surface area contributed by atoms with E-state index in [0.717, 1.165) is 31.6 Å². The van der Waals surface area contributed by atoms with Gasteiger partial charge >= 0.3 is 0 Å². The van der Waals surface area contributed by atoms with E-state index in [4.69, 9.17) is 27.9 Å². The zero-order valence-corrected chi connectivity index (χ0v) is 11.0. The Morgan fingerprint density at radius 3 is 2.67 bits per heavy atom. The van der Waals surface area contributed by atoms with Gasteiger partial charge in [-0.1, -0.05) is 17.7 Å². The van der Waals surface area contributed by atoms with E-state index >= 15 is 0 Å². The number of nitrogen functional groups attached to an aromatic ring is 1. The molecule has 0 aromatic heterocycles. The molecule has 5 heteroatoms. The lowest BCUT2D eigenvalue weighted by atomic mass is 9.97. The Kier molecular flexibility index (Phi) is 4.09. The van der Waals surface area contributed by atoms with E-state index in [1.165, 1.54) is 0 Å². The molecule has 98 valence electrons. The van der Waals surface area contributed by atoms with Crippen LogP contribution in [0.3, 0.4) is 0 Å². The van der Waals surface area contributed by atoms with E-state index in [-0.39, 0.29) is 12.4 Å². The predicted octanol–water partition coefficient (Wildman–Crippen LogP) is 1.83. The third-order valence-electron chi connectivity index (χ3n) is 3.47. The minimum absolute atomic E-state index is 0.000110. The summed E-state index contributed by atoms with van der Waals surface area (Å²) < 4.78 is 0. The van der Waals surface area contributed by atoms with Crippen molar-refractivity contribution in [2.24, 2.45) is 11.7 Å². The molecule has 0 aliphatic carbocycles. The normalized spacial score (nSPS) is 16.9. The lowest BCUT2D eigenvalue weighted by molar-refractivity contribution is 0.203. The lowest BCUT2D eigenvalue weighted by Crippen LogP contribution is -2.36. The van der Waals surface area contributed by atoms with Crippen LogP contribution in [-0.2, 0) is 0 Å². The van der Waals surface area contributed by atoms with Gasteiger partial charge in [-0.25, -0.2) is 0 Å². The Morgan fingerprint density at radius 2 is 2.11 bits per heavy atom. The summed E-state index contributed by atoms with van der Waals surface area (Å²) in [5.74, 6) is 0.390. The summed E-state index contributed by atoms with van der Waals surface area (Å²) in [5, 5.41) is 17.3. The second-order valence-corrected chi connectivity index (χ2v) is 5.07. The number of aliphatic hydroxyl groups excluding tert-OH is 1. The molecule has 2 rings (SSSR count). The van der Waals surface area contributed by atoms with Gasteiger partial charge in [0, 0.05) is 25.4 Å². The fourth-order valence-corrected chi connectivity index (χ4v) is 2.67. The second kappa shape index (κ2) is 5.59. The van der Waals surface area contributed by atoms with Gasteiger partial charge in [0.25, 0.3) is 0 Å². The van der Waals surface area contributed by atoms with E-state index in [2.05, 4.69) is 4.90 Å². The Bertz CT molecular complexity index is 442. The molecule has 1 fully saturated rings. The molecule has 18 heavy (non-hydrogen) atoms. The van der Waals surface area contributed by atoms with E-state index in [1.54, 1.807) is 6.07 Å². The molecular formula is C13H18ClN3O. The number of halogens is 1. The molecule has 0 unspecified atom stereocenters. The third kappa shape index (κ3) is 2.60. The molecule has 0 radical (unpaired) electrons. The van der Waals surface area contributed by atoms with E-state index in [0.29, 0.717) is 16.5 Å². The molecule has 0 saturated carbocycles. The molecule has 1 aliphatic heterocycles. The average Bonchev–Trinajstić information content (AvgIpc) is 2.38. The van der Waals surface area contributed by atoms with Gasteiger partial charge in [-0.15, -0.1) is 0 Å². The molecular weight excluding hydrogens is 250 g/mol. The van der Waals surface area contributed by atoms with Gasteiger partial charge in [0.05, 0.1) is 10.6 Å². The molecule has 0 amide bonds. The monoisotopic (exact) mass is 267 g/mol. The van der Waals surface area contributed by atoms with Crippen LogP contribution < -0.4 is 10.6 Å². The number of benzene rings is 1. The quantitative estimate of drug-likeness (QED) is 0.578. The molecule has 4 N–H and O–H groups in total. The fraction of sp³-hybridized carbons (Fsp3) is 0.462. The summed E-state index contributed by atoms with van der Waals surface area (Å²) in [7, 11) is 0. The molecule has 1 aromatic rings. The van der Waals surface area contributed by atoms with Crippen molar-refractivity contribution in [3.8, 4) is 0 Å². The third-order valence-corrected chi connectivity index (χ3v) is 3.79. The smallest absolute Gasteiger partial charge is 0.126 e. The number of anilines is 1. The number of rotatable bonds is 3. The minimum Gasteiger partial charge on any atom is -0.396 e. The number of hydrogen-bond acceptors (Lipinski definition) is 3. The first-order chi connectivity index (χ1) is 8.63. The average molecular weight is 268 g/mol. The van der Waals surface area contributed by atoms with Gasteiger partial charge in [-0.2, -0.15) is 0 Å². The van der Waals surface area contributed by atoms with E-state index < -0.39 is 0 Å². The zero-order chi connectivity index (χ0) is 13.1. The Morgan fingerprint density at radius 1 is 1.44 bits per heavy atom. The predicted molar refractivity (Wildman–Crippen MR) is 74.5 cm³/mol. The van der Waals surface area contributed by atoms with Gasteiger partial charge in [0.1, 0.15) is 5.84 Å². The van der Waals surface area contributed by atoms with Crippen molar-refractivity contribution in [3.63, 3.8) is 0 Å². The van der Waals surface area contributed by atoms with Gasteiger partial charge in [-0.3, -0.25) is 5.41 Å². The van der Waals surface area contributed by atoms with Crippen LogP contribution in [-0.4, -0.2) is 30.6 Å². The van der Waals surface area contributed by atoms with Crippen molar-refractivity contribution in [2.45, 2.75) is 12.8 Å². The maximum atomic E-state index is 9.14. The van der Waals surface area contributed by atoms with Crippen molar-refractivity contribution in [2.75, 3.05) is 24.6 Å². The summed E-state index contributed by atoms with van der Waals surface area (Å²) in [6, 6.07) is 5.58. The highest BCUT2D eigenvalue weighted by molar-refractivity contribution is 6.34. The van der Waals surface area contributed by atoms with Crippen molar-refractivity contribution < 1.29 is 5.11 Å². The summed E-state index contributed by atoms with van der Waals surface area (Å²) in [4.78, 5) is 2.19. The lowest BCUT2D eigenvalue weighted by Gasteiger charge is -2.34. The summed E-state index contributed by atoms with van der Waals surface area (Å²) >= 11 is 6.11. The number of aliphatic hydroxyl groups is 1. The number of amidine groups is 1. The SMILES string of the molecule is N=C(N)c1c(Cl)cccc1N1CCC(CO)CC1. The number of nitrogens with two attached hydrogens (primary N) is 1. The number of piperidine rings is 1. The van der Waals surface area contributed by atoms with Crippen LogP contribution in [0, 0.1) is 11.3 Å². The van der Waals surface area contributed by atoms with Crippen LogP contribution in [0.25, 0.3) is 0 Å². The van der Waals surface area contributed by atoms with E-state index in [1.807, 2.05) is 12.1 Å². The molecule has 1 aromatic carbocycles. The molecule has 0 bridgehead atoms. The topological polar surface area (TPSA) is 73.3 Å². The second-order valence-electron chi connectivity index (χ2n) is 4.66. The molecule has 1 saturated heterocycles. The van der Waals surface area contributed by atoms with Crippen LogP contribution in [0.2, 0.25) is 5.02 Å². The highest BCUT2D eigenvalue weighted by Gasteiger charge is 2.22. The summed E-state index contributed by atoms with van der Waals surface area (Å²) in [6.07, 6.45) is 1.92. The summed E-state index contributed by atoms with van der Waals surface area (Å²) in [5.41, 5.74) is 7.14. The highest BCUT2D eigenvalue weighted by Crippen LogP contribution is 2.30. The molecule has 0 atom stereocenters. The van der Waals surface area contributed by atoms with Crippen molar-refractivity contribution in [1.29, 1.82) is 5.41 Å². The molecule has 0 spiro atoms. The molecule has 4 nitrogen and oxygen atoms in total. The van der Waals surface area contributed by atoms with Crippen molar-refractivity contribution in [1.82, 2.24) is 0 Å². The number of hydrogen-bond donors (Lipinski definition) is 3. The first-order valence-corrected chi connectivity index (χ1v) is 6.50. The summed E-state index contributed by atoms with van der Waals surface area (Å²) in [6.45, 7) is 1.99. The van der Waals surface area contributed by atoms with Gasteiger partial charge in [0.15, 0.2) is 0 Å². The molecule has 1 aliphatic rings. The van der Waals surface area contributed by atoms with Crippen LogP contribution in [0.15, 0.2) is 18.2 Å². The maximum Gasteiger partial charge on any atom is 0.126 e.